The largest absolute Gasteiger partial charge is 0.472 e. The fourth-order valence-corrected chi connectivity index (χ4v) is 11.9. The van der Waals surface area contributed by atoms with Crippen LogP contribution in [0.15, 0.2) is 36.5 Å². The second-order valence-corrected chi connectivity index (χ2v) is 27.8. The van der Waals surface area contributed by atoms with E-state index < -0.39 is 20.0 Å². The summed E-state index contributed by atoms with van der Waals surface area (Å²) in [6.07, 6.45) is 86.0. The maximum Gasteiger partial charge on any atom is 0.472 e. The molecule has 0 saturated heterocycles. The molecule has 3 N–H and O–H groups in total. The number of carbonyl (C=O) groups is 1. The third-order valence-electron chi connectivity index (χ3n) is 16.8. The summed E-state index contributed by atoms with van der Waals surface area (Å²) in [5.74, 6) is -0.179. The first-order valence-corrected chi connectivity index (χ1v) is 37.9. The van der Waals surface area contributed by atoms with Crippen LogP contribution in [0.1, 0.15) is 373 Å². The van der Waals surface area contributed by atoms with Crippen molar-refractivity contribution in [2.75, 3.05) is 40.9 Å². The molecule has 1 amide bonds. The zero-order valence-electron chi connectivity index (χ0n) is 55.8. The molecule has 3 atom stereocenters. The van der Waals surface area contributed by atoms with E-state index in [0.29, 0.717) is 17.4 Å². The number of nitrogens with zero attached hydrogens (tertiary/aromatic N) is 1. The molecular formula is C73H144N2O6P+. The van der Waals surface area contributed by atoms with Gasteiger partial charge in [0.25, 0.3) is 0 Å². The molecule has 0 aliphatic carbocycles. The number of amides is 1. The van der Waals surface area contributed by atoms with Gasteiger partial charge in [-0.15, -0.1) is 0 Å². The molecule has 9 heteroatoms. The number of carbonyl (C=O) groups excluding carboxylic acids is 1. The molecule has 0 fully saturated rings. The first-order valence-electron chi connectivity index (χ1n) is 36.4. The van der Waals surface area contributed by atoms with E-state index in [9.17, 15) is 19.4 Å². The molecule has 0 rings (SSSR count). The summed E-state index contributed by atoms with van der Waals surface area (Å²) in [5.41, 5.74) is 0. The Morgan fingerprint density at radius 3 is 0.976 bits per heavy atom. The minimum absolute atomic E-state index is 0.0579. The lowest BCUT2D eigenvalue weighted by atomic mass is 10.0. The Balaban J connectivity index is 4.06. The van der Waals surface area contributed by atoms with Crippen molar-refractivity contribution in [2.45, 2.75) is 386 Å². The highest BCUT2D eigenvalue weighted by Crippen LogP contribution is 2.43. The van der Waals surface area contributed by atoms with Crippen LogP contribution in [0.2, 0.25) is 0 Å². The molecule has 0 heterocycles. The molecule has 0 aliphatic rings. The average molecular weight is 1180 g/mol. The van der Waals surface area contributed by atoms with Crippen LogP contribution in [-0.2, 0) is 18.4 Å². The van der Waals surface area contributed by atoms with Gasteiger partial charge in [0.1, 0.15) is 13.2 Å². The quantitative estimate of drug-likeness (QED) is 0.0243. The highest BCUT2D eigenvalue weighted by Gasteiger charge is 2.28. The second kappa shape index (κ2) is 64.2. The minimum Gasteiger partial charge on any atom is -0.387 e. The maximum atomic E-state index is 13.1. The molecular weight excluding hydrogens is 1030 g/mol. The highest BCUT2D eigenvalue weighted by molar-refractivity contribution is 7.47. The van der Waals surface area contributed by atoms with Crippen LogP contribution in [-0.4, -0.2) is 73.4 Å². The van der Waals surface area contributed by atoms with Gasteiger partial charge >= 0.3 is 7.82 Å². The number of aliphatic hydroxyl groups is 1. The number of likely N-dealkylation sites (N-methyl/N-ethyl adjacent to an activating group) is 1. The van der Waals surface area contributed by atoms with E-state index in [1.165, 1.54) is 315 Å². The predicted octanol–water partition coefficient (Wildman–Crippen LogP) is 23.2. The monoisotopic (exact) mass is 1180 g/mol. The third kappa shape index (κ3) is 66.2. The van der Waals surface area contributed by atoms with Crippen molar-refractivity contribution in [2.24, 2.45) is 0 Å². The van der Waals surface area contributed by atoms with Gasteiger partial charge in [0.15, 0.2) is 0 Å². The molecule has 0 bridgehead atoms. The van der Waals surface area contributed by atoms with Crippen molar-refractivity contribution in [3.63, 3.8) is 0 Å². The Morgan fingerprint density at radius 1 is 0.402 bits per heavy atom. The fraction of sp³-hybridized carbons (Fsp3) is 0.904. The van der Waals surface area contributed by atoms with Crippen LogP contribution in [0.3, 0.4) is 0 Å². The number of quaternary nitrogens is 1. The molecule has 0 spiro atoms. The maximum absolute atomic E-state index is 13.1. The van der Waals surface area contributed by atoms with Crippen LogP contribution in [0.5, 0.6) is 0 Å². The summed E-state index contributed by atoms with van der Waals surface area (Å²) in [4.78, 5) is 23.4. The number of phosphoric ester groups is 1. The second-order valence-electron chi connectivity index (χ2n) is 26.3. The lowest BCUT2D eigenvalue weighted by molar-refractivity contribution is -0.870. The zero-order chi connectivity index (χ0) is 59.8. The van der Waals surface area contributed by atoms with Crippen LogP contribution >= 0.6 is 7.82 Å². The number of aliphatic hydroxyl groups excluding tert-OH is 1. The highest BCUT2D eigenvalue weighted by atomic mass is 31.2. The number of allylic oxidation sites excluding steroid dienone is 5. The zero-order valence-corrected chi connectivity index (χ0v) is 56.7. The molecule has 0 aromatic rings. The first kappa shape index (κ1) is 80.7. The number of hydrogen-bond donors (Lipinski definition) is 3. The average Bonchev–Trinajstić information content (AvgIpc) is 3.47. The van der Waals surface area contributed by atoms with Gasteiger partial charge in [0, 0.05) is 6.42 Å². The lowest BCUT2D eigenvalue weighted by Gasteiger charge is -2.25. The van der Waals surface area contributed by atoms with Crippen molar-refractivity contribution in [3.05, 3.63) is 36.5 Å². The van der Waals surface area contributed by atoms with Gasteiger partial charge < -0.3 is 19.8 Å². The summed E-state index contributed by atoms with van der Waals surface area (Å²) in [5, 5.41) is 14.0. The van der Waals surface area contributed by atoms with E-state index in [1.54, 1.807) is 6.08 Å². The van der Waals surface area contributed by atoms with Gasteiger partial charge in [-0.1, -0.05) is 346 Å². The lowest BCUT2D eigenvalue weighted by Crippen LogP contribution is -2.45. The van der Waals surface area contributed by atoms with Gasteiger partial charge in [0.2, 0.25) is 5.91 Å². The smallest absolute Gasteiger partial charge is 0.387 e. The molecule has 0 radical (unpaired) electrons. The number of rotatable bonds is 68. The van der Waals surface area contributed by atoms with Gasteiger partial charge in [-0.3, -0.25) is 13.8 Å². The Labute approximate surface area is 512 Å². The molecule has 0 aromatic heterocycles. The molecule has 0 aliphatic heterocycles. The standard InChI is InChI=1S/C73H143N2O6P/c1-6-8-10-12-14-16-18-20-22-24-26-28-30-32-34-36-37-39-40-42-44-46-48-50-52-54-56-58-60-62-64-66-72(76)71(70-81-82(78,79)80-69-68-75(3,4)5)74-73(77)67-65-63-61-59-57-55-53-51-49-47-45-43-41-38-35-33-31-29-27-25-23-21-19-17-15-13-11-9-7-2/h25,27,56,58,64,66,71-72,76H,6-24,26,28-55,57,59-63,65,67-70H2,1-5H3,(H-,74,77,78,79)/p+1/b27-25-,58-56+,66-64+. The summed E-state index contributed by atoms with van der Waals surface area (Å²) in [6.45, 7) is 4.86. The summed E-state index contributed by atoms with van der Waals surface area (Å²) in [7, 11) is 1.57. The van der Waals surface area contributed by atoms with E-state index >= 15 is 0 Å². The van der Waals surface area contributed by atoms with Crippen molar-refractivity contribution in [1.82, 2.24) is 5.32 Å². The Hall–Kier alpha value is -1.28. The van der Waals surface area contributed by atoms with Gasteiger partial charge in [-0.25, -0.2) is 4.57 Å². The third-order valence-corrected chi connectivity index (χ3v) is 17.8. The molecule has 8 nitrogen and oxygen atoms in total. The number of nitrogens with one attached hydrogen (secondary N) is 1. The Kier molecular flexibility index (Phi) is 63.2. The first-order chi connectivity index (χ1) is 40.0. The van der Waals surface area contributed by atoms with Crippen LogP contribution in [0, 0.1) is 0 Å². The molecule has 486 valence electrons. The normalized spacial score (nSPS) is 13.8. The fourth-order valence-electron chi connectivity index (χ4n) is 11.2. The van der Waals surface area contributed by atoms with E-state index in [2.05, 4.69) is 43.5 Å². The van der Waals surface area contributed by atoms with Crippen molar-refractivity contribution in [3.8, 4) is 0 Å². The minimum atomic E-state index is -4.36. The van der Waals surface area contributed by atoms with Crippen molar-refractivity contribution >= 4 is 13.7 Å². The van der Waals surface area contributed by atoms with Crippen LogP contribution in [0.4, 0.5) is 0 Å². The summed E-state index contributed by atoms with van der Waals surface area (Å²) >= 11 is 0. The molecule has 82 heavy (non-hydrogen) atoms. The van der Waals surface area contributed by atoms with E-state index in [1.807, 2.05) is 27.2 Å². The summed E-state index contributed by atoms with van der Waals surface area (Å²) < 4.78 is 23.8. The Morgan fingerprint density at radius 2 is 0.671 bits per heavy atom. The van der Waals surface area contributed by atoms with E-state index in [-0.39, 0.29) is 19.1 Å². The molecule has 0 aromatic carbocycles. The molecule has 0 saturated carbocycles. The SMILES string of the molecule is CCCCCCCCCC/C=C\CCCCCCCCCCCCCCCCCCCC(=O)NC(COP(=O)(O)OCC[N+](C)(C)C)C(O)/C=C/CC/C=C/CCCCCCCCCCCCCCCCCCCCCCCCCCC. The van der Waals surface area contributed by atoms with E-state index in [4.69, 9.17) is 9.05 Å². The topological polar surface area (TPSA) is 105 Å². The van der Waals surface area contributed by atoms with Crippen molar-refractivity contribution < 1.29 is 32.9 Å². The molecule has 3 unspecified atom stereocenters. The van der Waals surface area contributed by atoms with Crippen LogP contribution < -0.4 is 5.32 Å². The van der Waals surface area contributed by atoms with Gasteiger partial charge in [0.05, 0.1) is 39.9 Å². The number of unbranched alkanes of at least 4 members (excludes halogenated alkanes) is 51. The number of hydrogen-bond acceptors (Lipinski definition) is 5. The number of phosphoric acid groups is 1. The van der Waals surface area contributed by atoms with Gasteiger partial charge in [-0.2, -0.15) is 0 Å². The van der Waals surface area contributed by atoms with Crippen molar-refractivity contribution in [1.29, 1.82) is 0 Å². The van der Waals surface area contributed by atoms with E-state index in [0.717, 1.165) is 38.5 Å². The summed E-state index contributed by atoms with van der Waals surface area (Å²) in [6, 6.07) is -0.864. The van der Waals surface area contributed by atoms with Gasteiger partial charge in [-0.05, 0) is 57.8 Å². The predicted molar refractivity (Wildman–Crippen MR) is 360 cm³/mol. The Bertz CT molecular complexity index is 1430. The van der Waals surface area contributed by atoms with Crippen LogP contribution in [0.25, 0.3) is 0 Å².